The number of piperidine rings is 2. The third kappa shape index (κ3) is 6.87. The number of carbonyl (C=O) groups excluding carboxylic acids is 4. The Hall–Kier alpha value is -6.49. The van der Waals surface area contributed by atoms with Crippen molar-refractivity contribution in [1.82, 2.24) is 44.9 Å². The van der Waals surface area contributed by atoms with Crippen LogP contribution in [0.15, 0.2) is 73.4 Å². The van der Waals surface area contributed by atoms with Gasteiger partial charge in [0.1, 0.15) is 18.0 Å². The van der Waals surface area contributed by atoms with Gasteiger partial charge in [0, 0.05) is 79.8 Å². The molecule has 2 aromatic carbocycles. The van der Waals surface area contributed by atoms with E-state index in [1.54, 1.807) is 36.8 Å². The predicted octanol–water partition coefficient (Wildman–Crippen LogP) is 3.56. The summed E-state index contributed by atoms with van der Waals surface area (Å²) < 4.78 is 22.6. The number of hydrogen-bond donors (Lipinski definition) is 2. The number of pyridine rings is 1. The Morgan fingerprint density at radius 3 is 2.46 bits per heavy atom. The number of aromatic nitrogens is 6. The summed E-state index contributed by atoms with van der Waals surface area (Å²) in [5.41, 5.74) is 10.5. The van der Waals surface area contributed by atoms with E-state index in [1.165, 1.54) is 16.9 Å². The van der Waals surface area contributed by atoms with E-state index in [4.69, 9.17) is 15.6 Å². The molecule has 0 bridgehead atoms. The van der Waals surface area contributed by atoms with E-state index < -0.39 is 41.6 Å². The number of hydrogen-bond acceptors (Lipinski definition) is 12. The molecule has 7 heterocycles. The molecule has 57 heavy (non-hydrogen) atoms. The first-order valence-electron chi connectivity index (χ1n) is 19.1. The van der Waals surface area contributed by atoms with E-state index in [2.05, 4.69) is 30.3 Å². The van der Waals surface area contributed by atoms with Crippen LogP contribution >= 0.6 is 0 Å². The number of benzene rings is 2. The molecular formula is C40H40FN11O5. The fourth-order valence-corrected chi connectivity index (χ4v) is 8.30. The second-order valence-corrected chi connectivity index (χ2v) is 15.1. The Morgan fingerprint density at radius 1 is 0.912 bits per heavy atom. The molecule has 0 saturated carbocycles. The number of likely N-dealkylation sites (tertiary alicyclic amines) is 1. The molecule has 4 aliphatic heterocycles. The third-order valence-corrected chi connectivity index (χ3v) is 11.4. The fraction of sp³-hybridized carbons (Fsp3) is 0.350. The number of imide groups is 2. The number of nitrogens with one attached hydrogen (secondary N) is 1. The Morgan fingerprint density at radius 2 is 1.68 bits per heavy atom. The average molecular weight is 774 g/mol. The maximum atomic E-state index is 14.3. The standard InChI is InChI=1S/C40H40FN11O5/c1-23(31-15-27(41)2-5-33(31)52-44-10-11-45-52)57-35-14-25(17-43-37(35)42)26-18-46-50(22-26)28-8-12-48(13-9-28)19-24-20-49(21-24)29-3-4-30-32(16-29)40(56)51(39(30)55)34-6-7-36(53)47-38(34)54/h2-5,10-11,14-18,22-24,28,34H,6-9,12-13,19-21H2,1H3,(H2,42,43)(H,47,53,54)/t23-,34?/m1/s1. The molecule has 5 aromatic rings. The summed E-state index contributed by atoms with van der Waals surface area (Å²) in [5.74, 6) is -1.36. The number of anilines is 2. The molecule has 0 aliphatic carbocycles. The van der Waals surface area contributed by atoms with Gasteiger partial charge in [-0.3, -0.25) is 34.1 Å². The summed E-state index contributed by atoms with van der Waals surface area (Å²) in [4.78, 5) is 61.9. The maximum Gasteiger partial charge on any atom is 0.262 e. The normalized spacial score (nSPS) is 19.8. The summed E-state index contributed by atoms with van der Waals surface area (Å²) in [6, 6.07) is 10.7. The summed E-state index contributed by atoms with van der Waals surface area (Å²) >= 11 is 0. The second-order valence-electron chi connectivity index (χ2n) is 15.1. The Labute approximate surface area is 326 Å². The topological polar surface area (TPSA) is 187 Å². The number of carbonyl (C=O) groups is 4. The molecule has 9 rings (SSSR count). The largest absolute Gasteiger partial charge is 0.482 e. The number of halogens is 1. The lowest BCUT2D eigenvalue weighted by Gasteiger charge is -2.44. The first kappa shape index (κ1) is 36.2. The van der Waals surface area contributed by atoms with Crippen molar-refractivity contribution in [2.75, 3.05) is 43.4 Å². The van der Waals surface area contributed by atoms with Crippen molar-refractivity contribution >= 4 is 35.1 Å². The molecule has 292 valence electrons. The number of amides is 4. The van der Waals surface area contributed by atoms with Crippen LogP contribution in [0.25, 0.3) is 16.8 Å². The molecule has 3 aromatic heterocycles. The fourth-order valence-electron chi connectivity index (χ4n) is 8.30. The van der Waals surface area contributed by atoms with Crippen molar-refractivity contribution in [3.8, 4) is 22.6 Å². The average Bonchev–Trinajstić information content (AvgIpc) is 3.96. The highest BCUT2D eigenvalue weighted by Gasteiger charge is 2.45. The van der Waals surface area contributed by atoms with Crippen LogP contribution in [-0.2, 0) is 9.59 Å². The minimum atomic E-state index is -0.979. The lowest BCUT2D eigenvalue weighted by molar-refractivity contribution is -0.136. The van der Waals surface area contributed by atoms with Crippen LogP contribution in [0.4, 0.5) is 15.9 Å². The van der Waals surface area contributed by atoms with E-state index in [1.807, 2.05) is 36.1 Å². The zero-order valence-electron chi connectivity index (χ0n) is 31.1. The second kappa shape index (κ2) is 14.5. The zero-order chi connectivity index (χ0) is 39.4. The molecule has 2 atom stereocenters. The van der Waals surface area contributed by atoms with Gasteiger partial charge in [0.15, 0.2) is 11.6 Å². The van der Waals surface area contributed by atoms with Gasteiger partial charge in [-0.15, -0.1) is 0 Å². The first-order valence-corrected chi connectivity index (χ1v) is 19.1. The predicted molar refractivity (Wildman–Crippen MR) is 204 cm³/mol. The summed E-state index contributed by atoms with van der Waals surface area (Å²) in [6.45, 7) is 6.33. The molecule has 4 aliphatic rings. The van der Waals surface area contributed by atoms with Crippen LogP contribution in [-0.4, -0.2) is 102 Å². The van der Waals surface area contributed by atoms with Crippen molar-refractivity contribution in [2.24, 2.45) is 5.92 Å². The molecule has 0 spiro atoms. The SMILES string of the molecule is C[C@@H](Oc1cc(-c2cnn(C3CCN(CC4CN(c5ccc6c(c5)C(=O)N(C5CCC(=O)NC5=O)C6=O)C4)CC3)c2)cnc1N)c1cc(F)ccc1-n1nccn1. The number of ether oxygens (including phenoxy) is 1. The van der Waals surface area contributed by atoms with Crippen LogP contribution in [0.2, 0.25) is 0 Å². The van der Waals surface area contributed by atoms with E-state index in [0.717, 1.165) is 67.3 Å². The van der Waals surface area contributed by atoms with Gasteiger partial charge in [-0.2, -0.15) is 20.1 Å². The molecule has 16 nitrogen and oxygen atoms in total. The van der Waals surface area contributed by atoms with E-state index in [0.29, 0.717) is 28.5 Å². The van der Waals surface area contributed by atoms with Gasteiger partial charge in [-0.05, 0) is 68.7 Å². The van der Waals surface area contributed by atoms with Crippen LogP contribution in [0.5, 0.6) is 5.75 Å². The molecule has 17 heteroatoms. The highest BCUT2D eigenvalue weighted by molar-refractivity contribution is 6.23. The third-order valence-electron chi connectivity index (χ3n) is 11.4. The van der Waals surface area contributed by atoms with Gasteiger partial charge < -0.3 is 20.3 Å². The molecule has 4 amide bonds. The number of fused-ring (bicyclic) bond motifs is 1. The molecular weight excluding hydrogens is 734 g/mol. The number of nitrogen functional groups attached to an aromatic ring is 1. The molecule has 3 saturated heterocycles. The number of rotatable bonds is 10. The minimum absolute atomic E-state index is 0.0853. The van der Waals surface area contributed by atoms with Gasteiger partial charge in [-0.1, -0.05) is 0 Å². The quantitative estimate of drug-likeness (QED) is 0.197. The highest BCUT2D eigenvalue weighted by Crippen LogP contribution is 2.35. The van der Waals surface area contributed by atoms with E-state index >= 15 is 0 Å². The summed E-state index contributed by atoms with van der Waals surface area (Å²) in [5, 5.41) is 15.3. The van der Waals surface area contributed by atoms with Crippen LogP contribution in [0.3, 0.4) is 0 Å². The minimum Gasteiger partial charge on any atom is -0.482 e. The highest BCUT2D eigenvalue weighted by atomic mass is 19.1. The van der Waals surface area contributed by atoms with Crippen molar-refractivity contribution < 1.29 is 28.3 Å². The smallest absolute Gasteiger partial charge is 0.262 e. The van der Waals surface area contributed by atoms with Gasteiger partial charge >= 0.3 is 0 Å². The summed E-state index contributed by atoms with van der Waals surface area (Å²) in [6.07, 6.45) is 10.2. The van der Waals surface area contributed by atoms with Crippen molar-refractivity contribution in [1.29, 1.82) is 0 Å². The Kier molecular flexibility index (Phi) is 9.23. The van der Waals surface area contributed by atoms with Crippen LogP contribution in [0, 0.1) is 11.7 Å². The molecule has 3 fully saturated rings. The van der Waals surface area contributed by atoms with E-state index in [-0.39, 0.29) is 30.3 Å². The first-order chi connectivity index (χ1) is 27.6. The Balaban J connectivity index is 0.778. The lowest BCUT2D eigenvalue weighted by Crippen LogP contribution is -2.54. The maximum absolute atomic E-state index is 14.3. The van der Waals surface area contributed by atoms with Gasteiger partial charge in [-0.25, -0.2) is 9.37 Å². The van der Waals surface area contributed by atoms with Crippen molar-refractivity contribution in [3.05, 3.63) is 96.0 Å². The zero-order valence-corrected chi connectivity index (χ0v) is 31.1. The van der Waals surface area contributed by atoms with Gasteiger partial charge in [0.05, 0.1) is 41.4 Å². The molecule has 3 N–H and O–H groups in total. The van der Waals surface area contributed by atoms with E-state index in [9.17, 15) is 23.6 Å². The van der Waals surface area contributed by atoms with Crippen LogP contribution < -0.4 is 20.7 Å². The summed E-state index contributed by atoms with van der Waals surface area (Å²) in [7, 11) is 0. The van der Waals surface area contributed by atoms with Crippen molar-refractivity contribution in [2.45, 2.75) is 50.8 Å². The van der Waals surface area contributed by atoms with Gasteiger partial charge in [0.25, 0.3) is 11.8 Å². The van der Waals surface area contributed by atoms with Crippen molar-refractivity contribution in [3.63, 3.8) is 0 Å². The lowest BCUT2D eigenvalue weighted by atomic mass is 9.95. The Bertz CT molecular complexity index is 2390. The molecule has 1 unspecified atom stereocenters. The number of nitrogens with zero attached hydrogens (tertiary/aromatic N) is 9. The monoisotopic (exact) mass is 773 g/mol. The number of nitrogens with two attached hydrogens (primary N) is 1. The van der Waals surface area contributed by atoms with Gasteiger partial charge in [0.2, 0.25) is 11.8 Å². The molecule has 0 radical (unpaired) electrons. The van der Waals surface area contributed by atoms with Crippen LogP contribution in [0.1, 0.15) is 71.0 Å².